The number of hydrogen-bond donors (Lipinski definition) is 1. The first-order valence-corrected chi connectivity index (χ1v) is 7.79. The molecule has 2 amide bonds. The average molecular weight is 325 g/mol. The summed E-state index contributed by atoms with van der Waals surface area (Å²) in [5, 5.41) is 2.89. The zero-order valence-electron chi connectivity index (χ0n) is 13.4. The maximum absolute atomic E-state index is 12.4. The predicted octanol–water partition coefficient (Wildman–Crippen LogP) is 1.62. The molecule has 0 unspecified atom stereocenters. The molecule has 0 spiro atoms. The molecule has 0 bridgehead atoms. The minimum absolute atomic E-state index is 0.0438. The molecule has 1 fully saturated rings. The van der Waals surface area contributed by atoms with Gasteiger partial charge in [0.25, 0.3) is 5.91 Å². The molecule has 1 N–H and O–H groups in total. The second kappa shape index (κ2) is 7.12. The number of rotatable bonds is 5. The number of nitrogens with zero attached hydrogens (tertiary/aromatic N) is 2. The molecule has 0 radical (unpaired) electrons. The van der Waals surface area contributed by atoms with Gasteiger partial charge in [0.15, 0.2) is 0 Å². The quantitative estimate of drug-likeness (QED) is 0.907. The van der Waals surface area contributed by atoms with Crippen LogP contribution in [0.2, 0.25) is 0 Å². The molecular formula is C18H19N3O3. The summed E-state index contributed by atoms with van der Waals surface area (Å²) in [5.74, 6) is 0.0436. The number of pyridine rings is 1. The molecule has 124 valence electrons. The molecule has 0 saturated carbocycles. The van der Waals surface area contributed by atoms with Crippen LogP contribution in [0.4, 0.5) is 0 Å². The van der Waals surface area contributed by atoms with Gasteiger partial charge in [0, 0.05) is 25.7 Å². The normalized spacial score (nSPS) is 17.0. The first-order valence-electron chi connectivity index (χ1n) is 7.79. The fourth-order valence-electron chi connectivity index (χ4n) is 2.81. The molecule has 2 heterocycles. The van der Waals surface area contributed by atoms with Crippen LogP contribution < -0.4 is 10.1 Å². The summed E-state index contributed by atoms with van der Waals surface area (Å²) in [4.78, 5) is 30.3. The Balaban J connectivity index is 1.63. The van der Waals surface area contributed by atoms with E-state index in [1.54, 1.807) is 23.2 Å². The lowest BCUT2D eigenvalue weighted by Crippen LogP contribution is -2.37. The van der Waals surface area contributed by atoms with Crippen LogP contribution >= 0.6 is 0 Å². The second-order valence-corrected chi connectivity index (χ2v) is 5.69. The topological polar surface area (TPSA) is 71.5 Å². The molecule has 0 aliphatic carbocycles. The summed E-state index contributed by atoms with van der Waals surface area (Å²) < 4.78 is 5.10. The number of hydrogen-bond acceptors (Lipinski definition) is 4. The van der Waals surface area contributed by atoms with E-state index in [-0.39, 0.29) is 23.7 Å². The van der Waals surface area contributed by atoms with E-state index >= 15 is 0 Å². The van der Waals surface area contributed by atoms with Gasteiger partial charge in [-0.05, 0) is 17.7 Å². The maximum Gasteiger partial charge on any atom is 0.257 e. The lowest BCUT2D eigenvalue weighted by molar-refractivity contribution is -0.128. The third-order valence-corrected chi connectivity index (χ3v) is 3.98. The molecule has 1 atom stereocenters. The van der Waals surface area contributed by atoms with Gasteiger partial charge in [-0.15, -0.1) is 0 Å². The van der Waals surface area contributed by atoms with Gasteiger partial charge < -0.3 is 15.0 Å². The van der Waals surface area contributed by atoms with Crippen molar-refractivity contribution in [3.05, 3.63) is 59.8 Å². The van der Waals surface area contributed by atoms with Gasteiger partial charge in [0.05, 0.1) is 13.2 Å². The van der Waals surface area contributed by atoms with E-state index in [2.05, 4.69) is 10.3 Å². The number of likely N-dealkylation sites (tertiary alicyclic amines) is 1. The van der Waals surface area contributed by atoms with E-state index in [4.69, 9.17) is 4.74 Å². The highest BCUT2D eigenvalue weighted by atomic mass is 16.5. The van der Waals surface area contributed by atoms with Crippen molar-refractivity contribution in [2.45, 2.75) is 19.0 Å². The zero-order valence-corrected chi connectivity index (χ0v) is 13.4. The van der Waals surface area contributed by atoms with Crippen molar-refractivity contribution in [1.82, 2.24) is 15.2 Å². The molecule has 6 heteroatoms. The van der Waals surface area contributed by atoms with Crippen LogP contribution in [0.15, 0.2) is 48.7 Å². The molecule has 1 aromatic carbocycles. The molecule has 24 heavy (non-hydrogen) atoms. The third kappa shape index (κ3) is 3.53. The van der Waals surface area contributed by atoms with Gasteiger partial charge in [-0.2, -0.15) is 0 Å². The van der Waals surface area contributed by atoms with Crippen LogP contribution in [0.1, 0.15) is 22.3 Å². The van der Waals surface area contributed by atoms with Crippen LogP contribution in [-0.2, 0) is 11.3 Å². The third-order valence-electron chi connectivity index (χ3n) is 3.98. The number of nitrogens with one attached hydrogen (secondary N) is 1. The van der Waals surface area contributed by atoms with Gasteiger partial charge in [-0.3, -0.25) is 9.59 Å². The summed E-state index contributed by atoms with van der Waals surface area (Å²) in [6, 6.07) is 12.9. The summed E-state index contributed by atoms with van der Waals surface area (Å²) in [6.07, 6.45) is 1.87. The van der Waals surface area contributed by atoms with Crippen molar-refractivity contribution in [3.63, 3.8) is 0 Å². The number of methoxy groups -OCH3 is 1. The summed E-state index contributed by atoms with van der Waals surface area (Å²) in [5.41, 5.74) is 1.45. The number of benzene rings is 1. The fraction of sp³-hybridized carbons (Fsp3) is 0.278. The highest BCUT2D eigenvalue weighted by Crippen LogP contribution is 2.17. The van der Waals surface area contributed by atoms with E-state index in [1.165, 1.54) is 7.11 Å². The lowest BCUT2D eigenvalue weighted by Gasteiger charge is -2.17. The Morgan fingerprint density at radius 2 is 2.08 bits per heavy atom. The first-order chi connectivity index (χ1) is 11.7. The van der Waals surface area contributed by atoms with Crippen molar-refractivity contribution in [1.29, 1.82) is 0 Å². The molecule has 6 nitrogen and oxygen atoms in total. The minimum atomic E-state index is -0.278. The molecule has 3 rings (SSSR count). The highest BCUT2D eigenvalue weighted by Gasteiger charge is 2.31. The Bertz CT molecular complexity index is 733. The summed E-state index contributed by atoms with van der Waals surface area (Å²) >= 11 is 0. The number of aromatic nitrogens is 1. The van der Waals surface area contributed by atoms with Gasteiger partial charge in [-0.25, -0.2) is 4.98 Å². The van der Waals surface area contributed by atoms with Gasteiger partial charge in [0.2, 0.25) is 11.8 Å². The molecule has 1 saturated heterocycles. The van der Waals surface area contributed by atoms with Crippen LogP contribution in [0.25, 0.3) is 0 Å². The molecule has 2 aromatic rings. The van der Waals surface area contributed by atoms with Gasteiger partial charge in [0.1, 0.15) is 5.56 Å². The highest BCUT2D eigenvalue weighted by molar-refractivity contribution is 5.97. The maximum atomic E-state index is 12.4. The monoisotopic (exact) mass is 325 g/mol. The first kappa shape index (κ1) is 16.0. The van der Waals surface area contributed by atoms with E-state index in [0.29, 0.717) is 25.1 Å². The fourth-order valence-corrected chi connectivity index (χ4v) is 2.81. The van der Waals surface area contributed by atoms with Crippen molar-refractivity contribution in [3.8, 4) is 5.88 Å². The Kier molecular flexibility index (Phi) is 4.74. The van der Waals surface area contributed by atoms with Crippen molar-refractivity contribution in [2.75, 3.05) is 13.7 Å². The standard InChI is InChI=1S/C18H19N3O3/c1-24-18-15(8-5-9-19-18)17(23)20-14-10-16(22)21(12-14)11-13-6-3-2-4-7-13/h2-9,14H,10-12H2,1H3,(H,20,23)/t14-/m1/s1. The van der Waals surface area contributed by atoms with Crippen molar-refractivity contribution < 1.29 is 14.3 Å². The van der Waals surface area contributed by atoms with E-state index < -0.39 is 0 Å². The molecular weight excluding hydrogens is 306 g/mol. The number of ether oxygens (including phenoxy) is 1. The van der Waals surface area contributed by atoms with Crippen molar-refractivity contribution >= 4 is 11.8 Å². The molecule has 1 aliphatic heterocycles. The number of amides is 2. The van der Waals surface area contributed by atoms with E-state index in [1.807, 2.05) is 30.3 Å². The van der Waals surface area contributed by atoms with Gasteiger partial charge >= 0.3 is 0 Å². The molecule has 1 aliphatic rings. The smallest absolute Gasteiger partial charge is 0.257 e. The minimum Gasteiger partial charge on any atom is -0.480 e. The van der Waals surface area contributed by atoms with E-state index in [0.717, 1.165) is 5.56 Å². The van der Waals surface area contributed by atoms with Crippen LogP contribution in [0.5, 0.6) is 5.88 Å². The Hall–Kier alpha value is -2.89. The van der Waals surface area contributed by atoms with Crippen LogP contribution in [-0.4, -0.2) is 41.4 Å². The van der Waals surface area contributed by atoms with Gasteiger partial charge in [-0.1, -0.05) is 30.3 Å². The largest absolute Gasteiger partial charge is 0.480 e. The van der Waals surface area contributed by atoms with Crippen molar-refractivity contribution in [2.24, 2.45) is 0 Å². The summed E-state index contributed by atoms with van der Waals surface area (Å²) in [6.45, 7) is 1.06. The Morgan fingerprint density at radius 3 is 2.83 bits per heavy atom. The zero-order chi connectivity index (χ0) is 16.9. The SMILES string of the molecule is COc1ncccc1C(=O)N[C@@H]1CC(=O)N(Cc2ccccc2)C1. The summed E-state index contributed by atoms with van der Waals surface area (Å²) in [7, 11) is 1.47. The number of carbonyl (C=O) groups is 2. The van der Waals surface area contributed by atoms with Crippen LogP contribution in [0, 0.1) is 0 Å². The Labute approximate surface area is 140 Å². The Morgan fingerprint density at radius 1 is 1.29 bits per heavy atom. The average Bonchev–Trinajstić information content (AvgIpc) is 2.94. The van der Waals surface area contributed by atoms with Crippen LogP contribution in [0.3, 0.4) is 0 Å². The predicted molar refractivity (Wildman–Crippen MR) is 88.5 cm³/mol. The van der Waals surface area contributed by atoms with E-state index in [9.17, 15) is 9.59 Å². The second-order valence-electron chi connectivity index (χ2n) is 5.69. The number of carbonyl (C=O) groups excluding carboxylic acids is 2. The molecule has 1 aromatic heterocycles. The lowest BCUT2D eigenvalue weighted by atomic mass is 10.2.